The molecule has 0 saturated carbocycles. The van der Waals surface area contributed by atoms with Crippen LogP contribution in [0, 0.1) is 6.92 Å². The molecule has 0 spiro atoms. The first-order valence-electron chi connectivity index (χ1n) is 9.17. The van der Waals surface area contributed by atoms with Gasteiger partial charge in [-0.3, -0.25) is 10.1 Å². The highest BCUT2D eigenvalue weighted by Crippen LogP contribution is 2.18. The summed E-state index contributed by atoms with van der Waals surface area (Å²) in [6.45, 7) is 3.53. The number of nitrogens with one attached hydrogen (secondary N) is 1. The number of thiazole rings is 1. The number of aliphatic hydroxyl groups excluding tert-OH is 1. The van der Waals surface area contributed by atoms with Gasteiger partial charge in [-0.05, 0) is 32.4 Å². The number of benzene rings is 1. The van der Waals surface area contributed by atoms with Crippen LogP contribution in [0.2, 0.25) is 0 Å². The molecule has 164 valence electrons. The lowest BCUT2D eigenvalue weighted by atomic mass is 10.1. The maximum absolute atomic E-state index is 12.7. The Hall–Kier alpha value is -2.34. The number of anilines is 1. The van der Waals surface area contributed by atoms with Crippen LogP contribution < -0.4 is 5.32 Å². The molecule has 1 heterocycles. The molecule has 2 aromatic rings. The molecule has 0 radical (unpaired) electrons. The number of aliphatic hydroxyl groups is 1. The second-order valence-corrected chi connectivity index (χ2v) is 9.80. The zero-order chi connectivity index (χ0) is 22.1. The van der Waals surface area contributed by atoms with Crippen molar-refractivity contribution in [1.82, 2.24) is 4.98 Å². The average Bonchev–Trinajstić information content (AvgIpc) is 3.13. The number of amides is 1. The molecule has 0 aliphatic rings. The van der Waals surface area contributed by atoms with Crippen molar-refractivity contribution in [3.8, 4) is 0 Å². The van der Waals surface area contributed by atoms with Crippen LogP contribution in [0.5, 0.6) is 0 Å². The number of ether oxygens (including phenoxy) is 1. The highest BCUT2D eigenvalue weighted by molar-refractivity contribution is 7.91. The minimum atomic E-state index is -3.46. The van der Waals surface area contributed by atoms with E-state index < -0.39 is 21.8 Å². The molecule has 9 nitrogen and oxygen atoms in total. The summed E-state index contributed by atoms with van der Waals surface area (Å²) in [7, 11) is -1.95. The van der Waals surface area contributed by atoms with Crippen molar-refractivity contribution in [3.05, 3.63) is 40.9 Å². The Bertz CT molecular complexity index is 970. The monoisotopic (exact) mass is 455 g/mol. The van der Waals surface area contributed by atoms with E-state index in [0.29, 0.717) is 23.7 Å². The van der Waals surface area contributed by atoms with Gasteiger partial charge in [0.15, 0.2) is 20.7 Å². The largest absolute Gasteiger partial charge is 0.392 e. The summed E-state index contributed by atoms with van der Waals surface area (Å²) < 4.78 is 29.7. The van der Waals surface area contributed by atoms with E-state index in [1.54, 1.807) is 13.1 Å². The number of rotatable bonds is 11. The first kappa shape index (κ1) is 23.9. The van der Waals surface area contributed by atoms with Gasteiger partial charge in [0.2, 0.25) is 0 Å². The van der Waals surface area contributed by atoms with E-state index in [1.165, 1.54) is 42.7 Å². The maximum Gasteiger partial charge on any atom is 0.280 e. The smallest absolute Gasteiger partial charge is 0.280 e. The summed E-state index contributed by atoms with van der Waals surface area (Å²) in [5, 5.41) is 16.1. The van der Waals surface area contributed by atoms with E-state index in [2.05, 4.69) is 15.5 Å². The first-order valence-corrected chi connectivity index (χ1v) is 11.6. The minimum Gasteiger partial charge on any atom is -0.392 e. The molecule has 0 fully saturated rings. The van der Waals surface area contributed by atoms with Crippen LogP contribution in [0.3, 0.4) is 0 Å². The van der Waals surface area contributed by atoms with E-state index in [0.717, 1.165) is 4.88 Å². The lowest BCUT2D eigenvalue weighted by molar-refractivity contribution is -0.110. The van der Waals surface area contributed by atoms with Gasteiger partial charge >= 0.3 is 0 Å². The average molecular weight is 456 g/mol. The number of hydrogen-bond acceptors (Lipinski definition) is 9. The number of methoxy groups -OCH3 is 1. The Morgan fingerprint density at radius 3 is 2.60 bits per heavy atom. The lowest BCUT2D eigenvalue weighted by Gasteiger charge is -2.10. The van der Waals surface area contributed by atoms with Crippen molar-refractivity contribution in [1.29, 1.82) is 0 Å². The van der Waals surface area contributed by atoms with Crippen LogP contribution in [0.15, 0.2) is 40.5 Å². The van der Waals surface area contributed by atoms with Crippen molar-refractivity contribution in [2.45, 2.75) is 31.3 Å². The number of oxime groups is 1. The van der Waals surface area contributed by atoms with Crippen LogP contribution in [0.25, 0.3) is 0 Å². The SMILES string of the molecule is COCCCS(=O)(=O)c1ccc(C(=NO[C@H](C)CO)C(=O)Nc2ncc(C)s2)cc1. The number of carbonyl (C=O) groups excluding carboxylic acids is 1. The number of sulfone groups is 1. The third-order valence-electron chi connectivity index (χ3n) is 3.89. The molecule has 0 bridgehead atoms. The van der Waals surface area contributed by atoms with Crippen molar-refractivity contribution in [3.63, 3.8) is 0 Å². The molecule has 0 aliphatic carbocycles. The van der Waals surface area contributed by atoms with Crippen LogP contribution in [-0.4, -0.2) is 62.3 Å². The topological polar surface area (TPSA) is 127 Å². The van der Waals surface area contributed by atoms with Gasteiger partial charge in [-0.15, -0.1) is 11.3 Å². The zero-order valence-corrected chi connectivity index (χ0v) is 18.6. The van der Waals surface area contributed by atoms with Crippen LogP contribution in [-0.2, 0) is 24.2 Å². The highest BCUT2D eigenvalue weighted by atomic mass is 32.2. The molecular formula is C19H25N3O6S2. The van der Waals surface area contributed by atoms with E-state index in [9.17, 15) is 13.2 Å². The molecule has 0 saturated heterocycles. The fraction of sp³-hybridized carbons (Fsp3) is 0.421. The molecule has 2 rings (SSSR count). The standard InChI is InChI=1S/C19H25N3O6S2/c1-13(12-23)28-22-17(18(24)21-19-20-11-14(2)29-19)15-5-7-16(8-6-15)30(25,26)10-4-9-27-3/h5-8,11,13,23H,4,9-10,12H2,1-3H3,(H,20,21,24)/t13-/m1/s1. The molecule has 1 aromatic heterocycles. The second kappa shape index (κ2) is 11.2. The fourth-order valence-corrected chi connectivity index (χ4v) is 4.25. The number of aromatic nitrogens is 1. The van der Waals surface area contributed by atoms with Gasteiger partial charge < -0.3 is 14.7 Å². The predicted molar refractivity (Wildman–Crippen MR) is 115 cm³/mol. The fourth-order valence-electron chi connectivity index (χ4n) is 2.30. The Morgan fingerprint density at radius 2 is 2.03 bits per heavy atom. The molecule has 2 N–H and O–H groups in total. The number of aryl methyl sites for hydroxylation is 1. The number of nitrogens with zero attached hydrogens (tertiary/aromatic N) is 2. The van der Waals surface area contributed by atoms with Crippen molar-refractivity contribution in [2.24, 2.45) is 5.16 Å². The summed E-state index contributed by atoms with van der Waals surface area (Å²) in [4.78, 5) is 23.0. The summed E-state index contributed by atoms with van der Waals surface area (Å²) in [5.74, 6) is -0.604. The van der Waals surface area contributed by atoms with E-state index in [-0.39, 0.29) is 23.0 Å². The highest BCUT2D eigenvalue weighted by Gasteiger charge is 2.20. The predicted octanol–water partition coefficient (Wildman–Crippen LogP) is 2.00. The van der Waals surface area contributed by atoms with Crippen LogP contribution >= 0.6 is 11.3 Å². The molecule has 1 atom stereocenters. The maximum atomic E-state index is 12.7. The quantitative estimate of drug-likeness (QED) is 0.301. The van der Waals surface area contributed by atoms with Gasteiger partial charge in [-0.25, -0.2) is 13.4 Å². The van der Waals surface area contributed by atoms with Gasteiger partial charge in [-0.2, -0.15) is 0 Å². The molecule has 0 unspecified atom stereocenters. The second-order valence-electron chi connectivity index (χ2n) is 6.46. The summed E-state index contributed by atoms with van der Waals surface area (Å²) >= 11 is 1.30. The van der Waals surface area contributed by atoms with Crippen LogP contribution in [0.4, 0.5) is 5.13 Å². The van der Waals surface area contributed by atoms with Crippen molar-refractivity contribution >= 4 is 37.9 Å². The van der Waals surface area contributed by atoms with E-state index >= 15 is 0 Å². The molecule has 30 heavy (non-hydrogen) atoms. The summed E-state index contributed by atoms with van der Waals surface area (Å²) in [6, 6.07) is 5.82. The van der Waals surface area contributed by atoms with Crippen molar-refractivity contribution in [2.75, 3.05) is 31.4 Å². The Labute approximate surface area is 179 Å². The summed E-state index contributed by atoms with van der Waals surface area (Å²) in [6.07, 6.45) is 1.40. The number of carbonyl (C=O) groups is 1. The van der Waals surface area contributed by atoms with Gasteiger partial charge in [0.1, 0.15) is 6.10 Å². The third kappa shape index (κ3) is 6.87. The molecule has 1 aromatic carbocycles. The van der Waals surface area contributed by atoms with Gasteiger partial charge in [0.25, 0.3) is 5.91 Å². The molecular weight excluding hydrogens is 430 g/mol. The molecule has 0 aliphatic heterocycles. The lowest BCUT2D eigenvalue weighted by Crippen LogP contribution is -2.25. The van der Waals surface area contributed by atoms with Crippen LogP contribution in [0.1, 0.15) is 23.8 Å². The van der Waals surface area contributed by atoms with Gasteiger partial charge in [-0.1, -0.05) is 17.3 Å². The zero-order valence-electron chi connectivity index (χ0n) is 17.0. The normalized spacial score (nSPS) is 13.1. The van der Waals surface area contributed by atoms with Gasteiger partial charge in [0, 0.05) is 30.4 Å². The van der Waals surface area contributed by atoms with Gasteiger partial charge in [0.05, 0.1) is 17.3 Å². The Morgan fingerprint density at radius 1 is 1.33 bits per heavy atom. The number of hydrogen-bond donors (Lipinski definition) is 2. The summed E-state index contributed by atoms with van der Waals surface area (Å²) in [5.41, 5.74) is 0.299. The third-order valence-corrected chi connectivity index (χ3v) is 6.53. The van der Waals surface area contributed by atoms with Crippen molar-refractivity contribution < 1.29 is 27.9 Å². The Balaban J connectivity index is 2.26. The first-order chi connectivity index (χ1) is 14.3. The van der Waals surface area contributed by atoms with E-state index in [1.807, 2.05) is 6.92 Å². The minimum absolute atomic E-state index is 0.0395. The molecule has 11 heteroatoms. The van der Waals surface area contributed by atoms with E-state index in [4.69, 9.17) is 14.7 Å². The molecule has 1 amide bonds. The Kier molecular flexibility index (Phi) is 8.90.